The predicted molar refractivity (Wildman–Crippen MR) is 112 cm³/mol. The van der Waals surface area contributed by atoms with Gasteiger partial charge < -0.3 is 0 Å². The van der Waals surface area contributed by atoms with Gasteiger partial charge in [-0.05, 0) is 42.0 Å². The molecule has 3 nitrogen and oxygen atoms in total. The highest BCUT2D eigenvalue weighted by Crippen LogP contribution is 2.25. The van der Waals surface area contributed by atoms with Gasteiger partial charge in [0.25, 0.3) is 5.56 Å². The third-order valence-corrected chi connectivity index (χ3v) is 5.09. The van der Waals surface area contributed by atoms with Gasteiger partial charge in [0.2, 0.25) is 0 Å². The van der Waals surface area contributed by atoms with E-state index in [4.69, 9.17) is 34.8 Å². The molecular weight excluding hydrogens is 403 g/mol. The molecule has 134 valence electrons. The van der Waals surface area contributed by atoms with Crippen molar-refractivity contribution in [2.45, 2.75) is 6.42 Å². The number of halogens is 3. The monoisotopic (exact) mass is 414 g/mol. The molecule has 0 N–H and O–H groups in total. The van der Waals surface area contributed by atoms with Crippen molar-refractivity contribution in [1.82, 2.24) is 9.78 Å². The van der Waals surface area contributed by atoms with Gasteiger partial charge in [-0.3, -0.25) is 4.79 Å². The minimum atomic E-state index is -0.227. The maximum Gasteiger partial charge on any atom is 0.279 e. The summed E-state index contributed by atoms with van der Waals surface area (Å²) in [6, 6.07) is 20.0. The van der Waals surface area contributed by atoms with Crippen molar-refractivity contribution in [3.05, 3.63) is 103 Å². The predicted octanol–water partition coefficient (Wildman–Crippen LogP) is 5.94. The summed E-state index contributed by atoms with van der Waals surface area (Å²) < 4.78 is 1.34. The zero-order chi connectivity index (χ0) is 19.0. The topological polar surface area (TPSA) is 34.9 Å². The Labute approximate surface area is 170 Å². The minimum Gasteiger partial charge on any atom is -0.267 e. The fourth-order valence-corrected chi connectivity index (χ4v) is 3.61. The molecule has 1 aromatic heterocycles. The first kappa shape index (κ1) is 18.1. The van der Waals surface area contributed by atoms with Crippen LogP contribution in [0, 0.1) is 0 Å². The average molecular weight is 416 g/mol. The molecule has 0 amide bonds. The van der Waals surface area contributed by atoms with Crippen molar-refractivity contribution in [1.29, 1.82) is 0 Å². The molecule has 1 heterocycles. The molecule has 0 bridgehead atoms. The van der Waals surface area contributed by atoms with E-state index in [2.05, 4.69) is 5.10 Å². The number of hydrogen-bond acceptors (Lipinski definition) is 2. The van der Waals surface area contributed by atoms with E-state index < -0.39 is 0 Å². The van der Waals surface area contributed by atoms with Gasteiger partial charge in [0.15, 0.2) is 0 Å². The van der Waals surface area contributed by atoms with Crippen molar-refractivity contribution >= 4 is 45.6 Å². The molecule has 27 heavy (non-hydrogen) atoms. The number of aromatic nitrogens is 2. The number of nitrogens with zero attached hydrogens (tertiary/aromatic N) is 2. The molecule has 0 saturated carbocycles. The highest BCUT2D eigenvalue weighted by molar-refractivity contribution is 6.35. The van der Waals surface area contributed by atoms with Crippen LogP contribution in [0.3, 0.4) is 0 Å². The first-order chi connectivity index (χ1) is 13.0. The summed E-state index contributed by atoms with van der Waals surface area (Å²) in [7, 11) is 0. The Kier molecular flexibility index (Phi) is 4.92. The molecule has 4 rings (SSSR count). The molecule has 0 saturated heterocycles. The van der Waals surface area contributed by atoms with Crippen LogP contribution < -0.4 is 5.56 Å². The summed E-state index contributed by atoms with van der Waals surface area (Å²) in [4.78, 5) is 13.0. The van der Waals surface area contributed by atoms with E-state index in [1.54, 1.807) is 24.3 Å². The van der Waals surface area contributed by atoms with E-state index in [1.165, 1.54) is 4.68 Å². The Morgan fingerprint density at radius 3 is 2.19 bits per heavy atom. The number of benzene rings is 3. The normalized spacial score (nSPS) is 11.1. The maximum absolute atomic E-state index is 13.0. The van der Waals surface area contributed by atoms with E-state index >= 15 is 0 Å². The Bertz CT molecular complexity index is 1200. The summed E-state index contributed by atoms with van der Waals surface area (Å²) in [5.74, 6) is 0. The van der Waals surface area contributed by atoms with Gasteiger partial charge >= 0.3 is 0 Å². The summed E-state index contributed by atoms with van der Waals surface area (Å²) >= 11 is 18.3. The van der Waals surface area contributed by atoms with Gasteiger partial charge in [0, 0.05) is 21.9 Å². The van der Waals surface area contributed by atoms with Crippen molar-refractivity contribution in [3.63, 3.8) is 0 Å². The van der Waals surface area contributed by atoms with Crippen LogP contribution in [0.25, 0.3) is 16.5 Å². The second kappa shape index (κ2) is 7.35. The first-order valence-corrected chi connectivity index (χ1v) is 9.37. The summed E-state index contributed by atoms with van der Waals surface area (Å²) in [5, 5.41) is 7.57. The molecule has 0 aliphatic rings. The summed E-state index contributed by atoms with van der Waals surface area (Å²) in [6.45, 7) is 0. The largest absolute Gasteiger partial charge is 0.279 e. The molecule has 0 unspecified atom stereocenters. The molecule has 0 spiro atoms. The quantitative estimate of drug-likeness (QED) is 0.415. The van der Waals surface area contributed by atoms with Gasteiger partial charge in [-0.2, -0.15) is 9.78 Å². The molecule has 3 aromatic carbocycles. The standard InChI is InChI=1S/C21H13Cl3N2O/c22-14-7-5-13(6-8-14)11-19-16-3-1-2-4-17(16)21(27)26(25-19)20-10-9-15(23)12-18(20)24/h1-10,12H,11H2. The average Bonchev–Trinajstić information content (AvgIpc) is 2.66. The second-order valence-corrected chi connectivity index (χ2v) is 7.39. The Balaban J connectivity index is 1.94. The number of fused-ring (bicyclic) bond motifs is 1. The molecule has 0 atom stereocenters. The second-order valence-electron chi connectivity index (χ2n) is 6.11. The number of hydrogen-bond donors (Lipinski definition) is 0. The van der Waals surface area contributed by atoms with Crippen LogP contribution in [0.1, 0.15) is 11.3 Å². The fraction of sp³-hybridized carbons (Fsp3) is 0.0476. The van der Waals surface area contributed by atoms with E-state index in [0.717, 1.165) is 16.6 Å². The van der Waals surface area contributed by atoms with Crippen LogP contribution in [0.4, 0.5) is 0 Å². The molecule has 0 radical (unpaired) electrons. The van der Waals surface area contributed by atoms with Gasteiger partial charge in [0.1, 0.15) is 0 Å². The van der Waals surface area contributed by atoms with Crippen LogP contribution >= 0.6 is 34.8 Å². The lowest BCUT2D eigenvalue weighted by Gasteiger charge is -2.12. The van der Waals surface area contributed by atoms with Crippen molar-refractivity contribution in [3.8, 4) is 5.69 Å². The third-order valence-electron chi connectivity index (χ3n) is 4.30. The van der Waals surface area contributed by atoms with Gasteiger partial charge in [0.05, 0.1) is 21.8 Å². The summed E-state index contributed by atoms with van der Waals surface area (Å²) in [6.07, 6.45) is 0.559. The van der Waals surface area contributed by atoms with E-state index in [-0.39, 0.29) is 5.56 Å². The zero-order valence-corrected chi connectivity index (χ0v) is 16.3. The van der Waals surface area contributed by atoms with Crippen molar-refractivity contribution < 1.29 is 0 Å². The molecule has 6 heteroatoms. The van der Waals surface area contributed by atoms with Crippen LogP contribution in [-0.4, -0.2) is 9.78 Å². The van der Waals surface area contributed by atoms with Crippen molar-refractivity contribution in [2.24, 2.45) is 0 Å². The highest BCUT2D eigenvalue weighted by Gasteiger charge is 2.14. The Morgan fingerprint density at radius 2 is 1.48 bits per heavy atom. The molecule has 0 aliphatic carbocycles. The fourth-order valence-electron chi connectivity index (χ4n) is 3.00. The first-order valence-electron chi connectivity index (χ1n) is 8.24. The minimum absolute atomic E-state index is 0.227. The molecule has 4 aromatic rings. The Morgan fingerprint density at radius 1 is 0.815 bits per heavy atom. The third kappa shape index (κ3) is 3.59. The van der Waals surface area contributed by atoms with Crippen LogP contribution in [-0.2, 0) is 6.42 Å². The maximum atomic E-state index is 13.0. The SMILES string of the molecule is O=c1c2ccccc2c(Cc2ccc(Cl)cc2)nn1-c1ccc(Cl)cc1Cl. The number of rotatable bonds is 3. The van der Waals surface area contributed by atoms with Crippen molar-refractivity contribution in [2.75, 3.05) is 0 Å². The molecule has 0 aliphatic heterocycles. The highest BCUT2D eigenvalue weighted by atomic mass is 35.5. The molecular formula is C21H13Cl3N2O. The van der Waals surface area contributed by atoms with E-state index in [9.17, 15) is 4.79 Å². The van der Waals surface area contributed by atoms with Gasteiger partial charge in [-0.15, -0.1) is 0 Å². The lowest BCUT2D eigenvalue weighted by molar-refractivity contribution is 0.788. The van der Waals surface area contributed by atoms with Crippen LogP contribution in [0.2, 0.25) is 15.1 Å². The Hall–Kier alpha value is -2.33. The van der Waals surface area contributed by atoms with Gasteiger partial charge in [-0.1, -0.05) is 65.1 Å². The molecule has 0 fully saturated rings. The van der Waals surface area contributed by atoms with Gasteiger partial charge in [-0.25, -0.2) is 0 Å². The lowest BCUT2D eigenvalue weighted by Crippen LogP contribution is -2.23. The van der Waals surface area contributed by atoms with E-state index in [1.807, 2.05) is 42.5 Å². The summed E-state index contributed by atoms with van der Waals surface area (Å²) in [5.41, 5.74) is 2.09. The van der Waals surface area contributed by atoms with Crippen LogP contribution in [0.15, 0.2) is 71.5 Å². The smallest absolute Gasteiger partial charge is 0.267 e. The zero-order valence-electron chi connectivity index (χ0n) is 14.0. The lowest BCUT2D eigenvalue weighted by atomic mass is 10.0. The van der Waals surface area contributed by atoms with E-state index in [0.29, 0.717) is 32.6 Å². The van der Waals surface area contributed by atoms with Crippen LogP contribution in [0.5, 0.6) is 0 Å².